The van der Waals surface area contributed by atoms with Crippen molar-refractivity contribution in [1.82, 2.24) is 20.4 Å². The number of carbonyl (C=O) groups is 4. The van der Waals surface area contributed by atoms with Crippen LogP contribution in [0.15, 0.2) is 60.7 Å². The van der Waals surface area contributed by atoms with Crippen molar-refractivity contribution in [1.29, 1.82) is 0 Å². The van der Waals surface area contributed by atoms with Crippen LogP contribution < -0.4 is 10.6 Å². The van der Waals surface area contributed by atoms with Crippen molar-refractivity contribution in [2.24, 2.45) is 0 Å². The largest absolute Gasteiger partial charge is 0.315 e. The van der Waals surface area contributed by atoms with E-state index in [2.05, 4.69) is 10.6 Å². The first kappa shape index (κ1) is 27.4. The molecule has 6 rings (SSSR count). The zero-order valence-electron chi connectivity index (χ0n) is 22.0. The van der Waals surface area contributed by atoms with Crippen LogP contribution in [0.1, 0.15) is 47.9 Å². The number of carbonyl (C=O) groups excluding carboxylic acids is 4. The molecular weight excluding hydrogens is 563 g/mol. The molecule has 2 aliphatic rings. The molecule has 0 atom stereocenters. The highest BCUT2D eigenvalue weighted by molar-refractivity contribution is 6.38. The summed E-state index contributed by atoms with van der Waals surface area (Å²) < 4.78 is 0. The van der Waals surface area contributed by atoms with E-state index in [0.717, 1.165) is 6.42 Å². The van der Waals surface area contributed by atoms with Crippen LogP contribution in [-0.4, -0.2) is 72.7 Å². The molecular formula is C31H26Cl2N4O4. The molecule has 0 aliphatic carbocycles. The summed E-state index contributed by atoms with van der Waals surface area (Å²) in [6.07, 6.45) is 0.783. The second kappa shape index (κ2) is 11.2. The number of nitrogens with zero attached hydrogens (tertiary/aromatic N) is 2. The first-order chi connectivity index (χ1) is 19.9. The van der Waals surface area contributed by atoms with Crippen LogP contribution in [0.4, 0.5) is 0 Å². The predicted octanol–water partition coefficient (Wildman–Crippen LogP) is 4.76. The van der Waals surface area contributed by atoms with Crippen LogP contribution in [0, 0.1) is 0 Å². The van der Waals surface area contributed by atoms with Gasteiger partial charge in [0.2, 0.25) is 0 Å². The lowest BCUT2D eigenvalue weighted by atomic mass is 9.94. The smallest absolute Gasteiger partial charge is 0.261 e. The Hall–Kier alpha value is -3.82. The zero-order valence-corrected chi connectivity index (χ0v) is 23.5. The Balaban J connectivity index is 0.949. The molecule has 10 heteroatoms. The first-order valence-corrected chi connectivity index (χ1v) is 14.2. The van der Waals surface area contributed by atoms with Gasteiger partial charge in [-0.3, -0.25) is 29.0 Å². The number of hydrogen-bond acceptors (Lipinski definition) is 6. The second-order valence-electron chi connectivity index (χ2n) is 10.0. The van der Waals surface area contributed by atoms with E-state index >= 15 is 0 Å². The van der Waals surface area contributed by atoms with Gasteiger partial charge in [0, 0.05) is 80.0 Å². The monoisotopic (exact) mass is 588 g/mol. The lowest BCUT2D eigenvalue weighted by molar-refractivity contribution is 0.0597. The summed E-state index contributed by atoms with van der Waals surface area (Å²) in [4.78, 5) is 54.7. The van der Waals surface area contributed by atoms with Crippen LogP contribution in [-0.2, 0) is 0 Å². The van der Waals surface area contributed by atoms with Gasteiger partial charge in [-0.05, 0) is 55.9 Å². The Labute approximate surface area is 246 Å². The SMILES string of the molecule is O=C1c2cccc3c(Cl)ccc(c23)C(=O)N1CCNCCCNCCN1C(=O)c2cccc3c(Cl)ccc(c23)C1=O. The van der Waals surface area contributed by atoms with E-state index in [1.165, 1.54) is 9.80 Å². The normalized spacial score (nSPS) is 14.6. The average molecular weight is 589 g/mol. The Bertz CT molecular complexity index is 1580. The van der Waals surface area contributed by atoms with E-state index in [0.29, 0.717) is 80.0 Å². The second-order valence-corrected chi connectivity index (χ2v) is 10.8. The average Bonchev–Trinajstić information content (AvgIpc) is 2.98. The van der Waals surface area contributed by atoms with Gasteiger partial charge < -0.3 is 10.6 Å². The molecule has 208 valence electrons. The molecule has 4 aromatic rings. The highest BCUT2D eigenvalue weighted by Crippen LogP contribution is 2.35. The third-order valence-corrected chi connectivity index (χ3v) is 8.27. The molecule has 2 aliphatic heterocycles. The Morgan fingerprint density at radius 2 is 0.902 bits per heavy atom. The Morgan fingerprint density at radius 3 is 1.32 bits per heavy atom. The summed E-state index contributed by atoms with van der Waals surface area (Å²) in [5.41, 5.74) is 1.94. The standard InChI is InChI=1S/C31H26Cl2N4O4/c32-24-10-8-22-26-18(24)4-1-6-20(26)28(38)36(30(22)40)16-14-34-12-3-13-35-15-17-37-29(39)21-7-2-5-19-25(33)11-9-23(27(19)21)31(37)41/h1-2,4-11,34-35H,3,12-17H2. The molecule has 0 saturated heterocycles. The maximum absolute atomic E-state index is 13.0. The summed E-state index contributed by atoms with van der Waals surface area (Å²) in [6, 6.07) is 17.4. The maximum atomic E-state index is 13.0. The van der Waals surface area contributed by atoms with Gasteiger partial charge in [0.1, 0.15) is 0 Å². The predicted molar refractivity (Wildman–Crippen MR) is 159 cm³/mol. The minimum absolute atomic E-state index is 0.252. The molecule has 0 fully saturated rings. The fourth-order valence-corrected chi connectivity index (χ4v) is 6.04. The number of imide groups is 2. The van der Waals surface area contributed by atoms with E-state index in [1.807, 2.05) is 12.1 Å². The quantitative estimate of drug-likeness (QED) is 0.205. The van der Waals surface area contributed by atoms with Crippen LogP contribution in [0.2, 0.25) is 10.0 Å². The fraction of sp³-hybridized carbons (Fsp3) is 0.226. The summed E-state index contributed by atoms with van der Waals surface area (Å²) in [6.45, 7) is 2.76. The minimum atomic E-state index is -0.317. The number of halogens is 2. The highest BCUT2D eigenvalue weighted by Gasteiger charge is 2.34. The minimum Gasteiger partial charge on any atom is -0.315 e. The third kappa shape index (κ3) is 4.77. The lowest BCUT2D eigenvalue weighted by Gasteiger charge is -2.27. The Morgan fingerprint density at radius 1 is 0.512 bits per heavy atom. The summed E-state index contributed by atoms with van der Waals surface area (Å²) >= 11 is 12.6. The molecule has 8 nitrogen and oxygen atoms in total. The van der Waals surface area contributed by atoms with Crippen LogP contribution in [0.5, 0.6) is 0 Å². The summed E-state index contributed by atoms with van der Waals surface area (Å²) in [7, 11) is 0. The van der Waals surface area contributed by atoms with Crippen LogP contribution >= 0.6 is 23.2 Å². The molecule has 4 amide bonds. The van der Waals surface area contributed by atoms with E-state index in [1.54, 1.807) is 48.5 Å². The molecule has 41 heavy (non-hydrogen) atoms. The first-order valence-electron chi connectivity index (χ1n) is 13.4. The van der Waals surface area contributed by atoms with Crippen molar-refractivity contribution in [2.75, 3.05) is 39.3 Å². The molecule has 0 unspecified atom stereocenters. The van der Waals surface area contributed by atoms with Gasteiger partial charge in [-0.25, -0.2) is 0 Å². The molecule has 0 bridgehead atoms. The molecule has 0 saturated carbocycles. The van der Waals surface area contributed by atoms with Crippen molar-refractivity contribution in [3.63, 3.8) is 0 Å². The topological polar surface area (TPSA) is 98.8 Å². The van der Waals surface area contributed by atoms with Gasteiger partial charge >= 0.3 is 0 Å². The van der Waals surface area contributed by atoms with E-state index in [-0.39, 0.29) is 36.7 Å². The van der Waals surface area contributed by atoms with Gasteiger partial charge in [-0.1, -0.05) is 47.5 Å². The zero-order chi connectivity index (χ0) is 28.7. The van der Waals surface area contributed by atoms with Crippen molar-refractivity contribution >= 4 is 68.4 Å². The highest BCUT2D eigenvalue weighted by atomic mass is 35.5. The van der Waals surface area contributed by atoms with Crippen molar-refractivity contribution in [2.45, 2.75) is 6.42 Å². The van der Waals surface area contributed by atoms with Crippen molar-refractivity contribution < 1.29 is 19.2 Å². The lowest BCUT2D eigenvalue weighted by Crippen LogP contribution is -2.44. The van der Waals surface area contributed by atoms with Crippen molar-refractivity contribution in [3.05, 3.63) is 93.0 Å². The Kier molecular flexibility index (Phi) is 7.48. The molecule has 0 aromatic heterocycles. The third-order valence-electron chi connectivity index (χ3n) is 7.61. The van der Waals surface area contributed by atoms with Gasteiger partial charge in [-0.2, -0.15) is 0 Å². The van der Waals surface area contributed by atoms with Gasteiger partial charge in [0.25, 0.3) is 23.6 Å². The number of rotatable bonds is 10. The summed E-state index contributed by atoms with van der Waals surface area (Å²) in [5, 5.41) is 10.2. The molecule has 0 spiro atoms. The fourth-order valence-electron chi connectivity index (χ4n) is 5.60. The molecule has 2 N–H and O–H groups in total. The van der Waals surface area contributed by atoms with Gasteiger partial charge in [0.05, 0.1) is 0 Å². The molecule has 0 radical (unpaired) electrons. The number of amides is 4. The van der Waals surface area contributed by atoms with E-state index in [9.17, 15) is 19.2 Å². The van der Waals surface area contributed by atoms with E-state index < -0.39 is 0 Å². The number of nitrogens with one attached hydrogen (secondary N) is 2. The van der Waals surface area contributed by atoms with E-state index in [4.69, 9.17) is 23.2 Å². The van der Waals surface area contributed by atoms with Crippen LogP contribution in [0.25, 0.3) is 21.5 Å². The maximum Gasteiger partial charge on any atom is 0.261 e. The number of hydrogen-bond donors (Lipinski definition) is 2. The number of benzene rings is 4. The summed E-state index contributed by atoms with van der Waals surface area (Å²) in [5.74, 6) is -1.27. The van der Waals surface area contributed by atoms with Gasteiger partial charge in [-0.15, -0.1) is 0 Å². The molecule has 2 heterocycles. The molecule has 4 aromatic carbocycles. The van der Waals surface area contributed by atoms with Gasteiger partial charge in [0.15, 0.2) is 0 Å². The van der Waals surface area contributed by atoms with Crippen molar-refractivity contribution in [3.8, 4) is 0 Å². The van der Waals surface area contributed by atoms with Crippen LogP contribution in [0.3, 0.4) is 0 Å².